The maximum atomic E-state index is 11.3. The Balaban J connectivity index is 2.02. The van der Waals surface area contributed by atoms with Gasteiger partial charge in [-0.25, -0.2) is 0 Å². The Bertz CT molecular complexity index is 561. The molecular weight excluding hydrogens is 266 g/mol. The first kappa shape index (κ1) is 15.2. The number of benzene rings is 1. The Hall–Kier alpha value is -2.23. The zero-order valence-electron chi connectivity index (χ0n) is 11.9. The van der Waals surface area contributed by atoms with Crippen molar-refractivity contribution in [3.63, 3.8) is 0 Å². The summed E-state index contributed by atoms with van der Waals surface area (Å²) in [7, 11) is 0. The van der Waals surface area contributed by atoms with Crippen LogP contribution in [-0.4, -0.2) is 17.3 Å². The van der Waals surface area contributed by atoms with Gasteiger partial charge in [0.05, 0.1) is 5.92 Å². The van der Waals surface area contributed by atoms with E-state index in [1.54, 1.807) is 6.08 Å². The molecule has 0 unspecified atom stereocenters. The molecule has 21 heavy (non-hydrogen) atoms. The molecular formula is C17H19NO3. The average Bonchev–Trinajstić information content (AvgIpc) is 2.47. The van der Waals surface area contributed by atoms with E-state index in [4.69, 9.17) is 0 Å². The molecule has 0 aliphatic heterocycles. The molecule has 0 N–H and O–H groups in total. The quantitative estimate of drug-likeness (QED) is 0.592. The van der Waals surface area contributed by atoms with E-state index in [1.807, 2.05) is 42.5 Å². The van der Waals surface area contributed by atoms with Gasteiger partial charge in [0, 0.05) is 11.3 Å². The lowest BCUT2D eigenvalue weighted by Crippen LogP contribution is -2.12. The largest absolute Gasteiger partial charge is 0.295 e. The van der Waals surface area contributed by atoms with Crippen molar-refractivity contribution in [3.8, 4) is 0 Å². The number of carbonyl (C=O) groups is 1. The molecule has 0 bridgehead atoms. The van der Waals surface area contributed by atoms with E-state index in [9.17, 15) is 14.9 Å². The molecule has 0 saturated carbocycles. The fourth-order valence-electron chi connectivity index (χ4n) is 2.55. The topological polar surface area (TPSA) is 60.2 Å². The number of allylic oxidation sites excluding steroid dienone is 4. The minimum absolute atomic E-state index is 0.0771. The molecule has 4 heteroatoms. The lowest BCUT2D eigenvalue weighted by Gasteiger charge is -2.11. The third kappa shape index (κ3) is 4.99. The Morgan fingerprint density at radius 2 is 2.00 bits per heavy atom. The number of nitro groups is 1. The third-order valence-corrected chi connectivity index (χ3v) is 3.63. The summed E-state index contributed by atoms with van der Waals surface area (Å²) in [5.41, 5.74) is 2.01. The molecule has 1 atom stereocenters. The zero-order chi connectivity index (χ0) is 15.1. The Morgan fingerprint density at radius 1 is 1.24 bits per heavy atom. The molecule has 110 valence electrons. The van der Waals surface area contributed by atoms with E-state index in [2.05, 4.69) is 0 Å². The van der Waals surface area contributed by atoms with Crippen molar-refractivity contribution in [3.05, 3.63) is 69.8 Å². The SMILES string of the molecule is O=C1C=C(/C=C/C[C@@H](C[N+](=O)[O-])c2ccccc2)CCC1. The van der Waals surface area contributed by atoms with Crippen molar-refractivity contribution in [1.29, 1.82) is 0 Å². The summed E-state index contributed by atoms with van der Waals surface area (Å²) >= 11 is 0. The van der Waals surface area contributed by atoms with Crippen molar-refractivity contribution >= 4 is 5.78 Å². The smallest absolute Gasteiger partial charge is 0.210 e. The van der Waals surface area contributed by atoms with Gasteiger partial charge in [-0.1, -0.05) is 42.5 Å². The molecule has 0 aromatic heterocycles. The second-order valence-electron chi connectivity index (χ2n) is 5.30. The van der Waals surface area contributed by atoms with Crippen LogP contribution < -0.4 is 0 Å². The number of ketones is 1. The molecule has 0 amide bonds. The number of hydrogen-bond acceptors (Lipinski definition) is 3. The van der Waals surface area contributed by atoms with Crippen LogP contribution in [0.1, 0.15) is 37.2 Å². The summed E-state index contributed by atoms with van der Waals surface area (Å²) in [6.45, 7) is -0.0771. The summed E-state index contributed by atoms with van der Waals surface area (Å²) in [6.07, 6.45) is 8.62. The zero-order valence-corrected chi connectivity index (χ0v) is 11.9. The first-order chi connectivity index (χ1) is 10.1. The second kappa shape index (κ2) is 7.53. The van der Waals surface area contributed by atoms with Gasteiger partial charge in [0.25, 0.3) is 0 Å². The van der Waals surface area contributed by atoms with E-state index in [-0.39, 0.29) is 23.2 Å². The van der Waals surface area contributed by atoms with Crippen molar-refractivity contribution in [2.24, 2.45) is 0 Å². The van der Waals surface area contributed by atoms with Crippen molar-refractivity contribution in [2.45, 2.75) is 31.6 Å². The fraction of sp³-hybridized carbons (Fsp3) is 0.353. The summed E-state index contributed by atoms with van der Waals surface area (Å²) in [5, 5.41) is 10.8. The third-order valence-electron chi connectivity index (χ3n) is 3.63. The average molecular weight is 285 g/mol. The van der Waals surface area contributed by atoms with Crippen molar-refractivity contribution in [1.82, 2.24) is 0 Å². The number of rotatable bonds is 6. The first-order valence-corrected chi connectivity index (χ1v) is 7.22. The van der Waals surface area contributed by atoms with Crippen LogP contribution in [-0.2, 0) is 4.79 Å². The predicted molar refractivity (Wildman–Crippen MR) is 81.7 cm³/mol. The van der Waals surface area contributed by atoms with Gasteiger partial charge in [0.2, 0.25) is 6.54 Å². The highest BCUT2D eigenvalue weighted by atomic mass is 16.6. The Kier molecular flexibility index (Phi) is 5.43. The molecule has 1 aliphatic rings. The van der Waals surface area contributed by atoms with Gasteiger partial charge >= 0.3 is 0 Å². The van der Waals surface area contributed by atoms with Crippen LogP contribution in [0.25, 0.3) is 0 Å². The monoisotopic (exact) mass is 285 g/mol. The molecule has 0 fully saturated rings. The summed E-state index contributed by atoms with van der Waals surface area (Å²) in [5.74, 6) is 0.0446. The van der Waals surface area contributed by atoms with Crippen LogP contribution in [0.15, 0.2) is 54.1 Å². The highest BCUT2D eigenvalue weighted by Gasteiger charge is 2.16. The maximum absolute atomic E-state index is 11.3. The van der Waals surface area contributed by atoms with Gasteiger partial charge in [-0.15, -0.1) is 0 Å². The fourth-order valence-corrected chi connectivity index (χ4v) is 2.55. The van der Waals surface area contributed by atoms with E-state index in [0.29, 0.717) is 12.8 Å². The van der Waals surface area contributed by atoms with Crippen LogP contribution in [0.5, 0.6) is 0 Å². The first-order valence-electron chi connectivity index (χ1n) is 7.22. The normalized spacial score (nSPS) is 16.8. The minimum atomic E-state index is -0.269. The number of carbonyl (C=O) groups excluding carboxylic acids is 1. The van der Waals surface area contributed by atoms with E-state index < -0.39 is 0 Å². The standard InChI is InChI=1S/C17H19NO3/c19-17-11-5-7-14(12-17)6-4-10-16(13-18(20)21)15-8-2-1-3-9-15/h1-4,6,8-9,12,16H,5,7,10-11,13H2/b6-4+/t16-/m0/s1. The van der Waals surface area contributed by atoms with Crippen LogP contribution in [0.4, 0.5) is 0 Å². The molecule has 0 radical (unpaired) electrons. The maximum Gasteiger partial charge on any atom is 0.210 e. The van der Waals surface area contributed by atoms with E-state index in [1.165, 1.54) is 0 Å². The van der Waals surface area contributed by atoms with Gasteiger partial charge in [-0.3, -0.25) is 14.9 Å². The molecule has 0 saturated heterocycles. The van der Waals surface area contributed by atoms with Crippen LogP contribution in [0, 0.1) is 10.1 Å². The summed E-state index contributed by atoms with van der Waals surface area (Å²) < 4.78 is 0. The van der Waals surface area contributed by atoms with Gasteiger partial charge in [-0.2, -0.15) is 0 Å². The van der Waals surface area contributed by atoms with E-state index in [0.717, 1.165) is 24.0 Å². The van der Waals surface area contributed by atoms with Gasteiger partial charge in [0.15, 0.2) is 5.78 Å². The van der Waals surface area contributed by atoms with Crippen LogP contribution >= 0.6 is 0 Å². The van der Waals surface area contributed by atoms with Gasteiger partial charge in [0.1, 0.15) is 0 Å². The van der Waals surface area contributed by atoms with Crippen molar-refractivity contribution in [2.75, 3.05) is 6.54 Å². The lowest BCUT2D eigenvalue weighted by atomic mass is 9.94. The summed E-state index contributed by atoms with van der Waals surface area (Å²) in [4.78, 5) is 21.9. The highest BCUT2D eigenvalue weighted by molar-refractivity contribution is 5.91. The molecule has 1 aromatic carbocycles. The van der Waals surface area contributed by atoms with E-state index >= 15 is 0 Å². The van der Waals surface area contributed by atoms with Gasteiger partial charge in [-0.05, 0) is 36.5 Å². The molecule has 2 rings (SSSR count). The minimum Gasteiger partial charge on any atom is -0.295 e. The number of nitrogens with zero attached hydrogens (tertiary/aromatic N) is 1. The molecule has 1 aliphatic carbocycles. The molecule has 0 heterocycles. The molecule has 1 aromatic rings. The van der Waals surface area contributed by atoms with Crippen molar-refractivity contribution < 1.29 is 9.72 Å². The Labute approximate surface area is 124 Å². The second-order valence-corrected chi connectivity index (χ2v) is 5.30. The summed E-state index contributed by atoms with van der Waals surface area (Å²) in [6, 6.07) is 9.54. The van der Waals surface area contributed by atoms with Crippen LogP contribution in [0.2, 0.25) is 0 Å². The number of hydrogen-bond donors (Lipinski definition) is 0. The highest BCUT2D eigenvalue weighted by Crippen LogP contribution is 2.22. The lowest BCUT2D eigenvalue weighted by molar-refractivity contribution is -0.483. The molecule has 0 spiro atoms. The Morgan fingerprint density at radius 3 is 2.67 bits per heavy atom. The van der Waals surface area contributed by atoms with Crippen LogP contribution in [0.3, 0.4) is 0 Å². The molecule has 4 nitrogen and oxygen atoms in total. The predicted octanol–water partition coefficient (Wildman–Crippen LogP) is 3.67. The van der Waals surface area contributed by atoms with Gasteiger partial charge < -0.3 is 0 Å².